The van der Waals surface area contributed by atoms with Gasteiger partial charge in [-0.25, -0.2) is 13.6 Å². The minimum absolute atomic E-state index is 0.298. The highest BCUT2D eigenvalue weighted by Crippen LogP contribution is 2.21. The van der Waals surface area contributed by atoms with Crippen LogP contribution in [0.2, 0.25) is 0 Å². The molecule has 2 aromatic carbocycles. The molecular weight excluding hydrogens is 292 g/mol. The van der Waals surface area contributed by atoms with Crippen LogP contribution in [0, 0.1) is 18.6 Å². The van der Waals surface area contributed by atoms with Gasteiger partial charge in [0.25, 0.3) is 5.91 Å². The van der Waals surface area contributed by atoms with Crippen molar-refractivity contribution >= 4 is 17.6 Å². The number of nitrogens with one attached hydrogen (secondary N) is 1. The van der Waals surface area contributed by atoms with Gasteiger partial charge in [0, 0.05) is 11.6 Å². The lowest BCUT2D eigenvalue weighted by Gasteiger charge is -2.09. The second kappa shape index (κ2) is 6.34. The number of carbonyl (C=O) groups is 2. The van der Waals surface area contributed by atoms with Gasteiger partial charge in [-0.1, -0.05) is 17.7 Å². The smallest absolute Gasteiger partial charge is 0.340 e. The Kier molecular flexibility index (Phi) is 4.50. The third kappa shape index (κ3) is 3.28. The number of hydrogen-bond donors (Lipinski definition) is 1. The van der Waals surface area contributed by atoms with Crippen molar-refractivity contribution in [3.63, 3.8) is 0 Å². The summed E-state index contributed by atoms with van der Waals surface area (Å²) in [6.45, 7) is 1.81. The van der Waals surface area contributed by atoms with E-state index in [9.17, 15) is 18.4 Å². The fourth-order valence-corrected chi connectivity index (χ4v) is 1.89. The van der Waals surface area contributed by atoms with E-state index in [-0.39, 0.29) is 5.69 Å². The van der Waals surface area contributed by atoms with Crippen LogP contribution in [0.5, 0.6) is 0 Å². The topological polar surface area (TPSA) is 55.4 Å². The van der Waals surface area contributed by atoms with E-state index in [1.807, 2.05) is 13.0 Å². The highest BCUT2D eigenvalue weighted by molar-refractivity contribution is 6.05. The molecule has 0 aliphatic heterocycles. The molecule has 0 atom stereocenters. The van der Waals surface area contributed by atoms with E-state index in [1.54, 1.807) is 18.2 Å². The lowest BCUT2D eigenvalue weighted by atomic mass is 10.1. The second-order valence-electron chi connectivity index (χ2n) is 4.63. The number of aryl methyl sites for hydroxylation is 1. The fraction of sp³-hybridized carbons (Fsp3) is 0.125. The first-order valence-corrected chi connectivity index (χ1v) is 6.37. The Morgan fingerprint density at radius 1 is 1.09 bits per heavy atom. The molecule has 2 aromatic rings. The molecule has 0 spiro atoms. The number of anilines is 1. The van der Waals surface area contributed by atoms with E-state index in [0.717, 1.165) is 18.7 Å². The molecule has 114 valence electrons. The SMILES string of the molecule is COC(=O)c1cc(NC(=O)c2cccc(C)c2)c(F)cc1F. The van der Waals surface area contributed by atoms with Gasteiger partial charge in [-0.3, -0.25) is 4.79 Å². The number of ether oxygens (including phenoxy) is 1. The first-order chi connectivity index (χ1) is 10.4. The number of benzene rings is 2. The predicted molar refractivity (Wildman–Crippen MR) is 76.8 cm³/mol. The van der Waals surface area contributed by atoms with Crippen LogP contribution >= 0.6 is 0 Å². The van der Waals surface area contributed by atoms with Crippen LogP contribution in [0.1, 0.15) is 26.3 Å². The normalized spacial score (nSPS) is 10.2. The van der Waals surface area contributed by atoms with Crippen LogP contribution in [0.3, 0.4) is 0 Å². The average molecular weight is 305 g/mol. The molecule has 0 aliphatic rings. The van der Waals surface area contributed by atoms with Crippen molar-refractivity contribution in [1.82, 2.24) is 0 Å². The Morgan fingerprint density at radius 3 is 2.45 bits per heavy atom. The van der Waals surface area contributed by atoms with Gasteiger partial charge in [-0.2, -0.15) is 0 Å². The molecule has 0 radical (unpaired) electrons. The van der Waals surface area contributed by atoms with Gasteiger partial charge >= 0.3 is 5.97 Å². The molecule has 4 nitrogen and oxygen atoms in total. The molecule has 0 bridgehead atoms. The van der Waals surface area contributed by atoms with E-state index in [0.29, 0.717) is 11.6 Å². The summed E-state index contributed by atoms with van der Waals surface area (Å²) in [6, 6.07) is 8.11. The number of carbonyl (C=O) groups excluding carboxylic acids is 2. The molecule has 0 unspecified atom stereocenters. The quantitative estimate of drug-likeness (QED) is 0.885. The van der Waals surface area contributed by atoms with E-state index in [1.165, 1.54) is 0 Å². The number of hydrogen-bond acceptors (Lipinski definition) is 3. The van der Waals surface area contributed by atoms with Gasteiger partial charge in [0.1, 0.15) is 11.6 Å². The van der Waals surface area contributed by atoms with Crippen molar-refractivity contribution in [2.24, 2.45) is 0 Å². The number of esters is 1. The molecule has 0 saturated carbocycles. The molecule has 22 heavy (non-hydrogen) atoms. The van der Waals surface area contributed by atoms with Crippen LogP contribution in [-0.2, 0) is 4.74 Å². The molecule has 0 aliphatic carbocycles. The van der Waals surface area contributed by atoms with Gasteiger partial charge in [0.15, 0.2) is 0 Å². The third-order valence-corrected chi connectivity index (χ3v) is 2.99. The van der Waals surface area contributed by atoms with E-state index >= 15 is 0 Å². The summed E-state index contributed by atoms with van der Waals surface area (Å²) in [7, 11) is 1.08. The van der Waals surface area contributed by atoms with Crippen molar-refractivity contribution in [2.45, 2.75) is 6.92 Å². The Morgan fingerprint density at radius 2 is 1.82 bits per heavy atom. The van der Waals surface area contributed by atoms with E-state index in [2.05, 4.69) is 10.1 Å². The third-order valence-electron chi connectivity index (χ3n) is 2.99. The molecule has 1 amide bonds. The van der Waals surface area contributed by atoms with Crippen molar-refractivity contribution in [3.05, 3.63) is 64.7 Å². The van der Waals surface area contributed by atoms with Crippen LogP contribution in [0.4, 0.5) is 14.5 Å². The summed E-state index contributed by atoms with van der Waals surface area (Å²) < 4.78 is 31.7. The number of amides is 1. The van der Waals surface area contributed by atoms with Gasteiger partial charge in [0.05, 0.1) is 18.4 Å². The molecular formula is C16H13F2NO3. The van der Waals surface area contributed by atoms with E-state index < -0.39 is 29.1 Å². The molecule has 0 saturated heterocycles. The number of rotatable bonds is 3. The molecule has 0 fully saturated rings. The zero-order valence-corrected chi connectivity index (χ0v) is 11.9. The first-order valence-electron chi connectivity index (χ1n) is 6.37. The van der Waals surface area contributed by atoms with Gasteiger partial charge in [-0.15, -0.1) is 0 Å². The maximum absolute atomic E-state index is 13.7. The summed E-state index contributed by atoms with van der Waals surface area (Å²) in [5, 5.41) is 2.31. The minimum atomic E-state index is -1.06. The summed E-state index contributed by atoms with van der Waals surface area (Å²) in [5.41, 5.74) is 0.433. The number of halogens is 2. The molecule has 1 N–H and O–H groups in total. The molecule has 0 heterocycles. The Balaban J connectivity index is 2.33. The van der Waals surface area contributed by atoms with Crippen molar-refractivity contribution < 1.29 is 23.1 Å². The summed E-state index contributed by atoms with van der Waals surface area (Å²) >= 11 is 0. The van der Waals surface area contributed by atoms with Crippen LogP contribution in [-0.4, -0.2) is 19.0 Å². The van der Waals surface area contributed by atoms with Gasteiger partial charge in [-0.05, 0) is 25.1 Å². The Hall–Kier alpha value is -2.76. The van der Waals surface area contributed by atoms with Crippen LogP contribution in [0.15, 0.2) is 36.4 Å². The molecule has 0 aromatic heterocycles. The molecule has 6 heteroatoms. The Bertz CT molecular complexity index is 744. The monoisotopic (exact) mass is 305 g/mol. The van der Waals surface area contributed by atoms with Gasteiger partial charge < -0.3 is 10.1 Å². The average Bonchev–Trinajstić information content (AvgIpc) is 2.49. The molecule has 2 rings (SSSR count). The first kappa shape index (κ1) is 15.6. The summed E-state index contributed by atoms with van der Waals surface area (Å²) in [5.74, 6) is -3.56. The predicted octanol–water partition coefficient (Wildman–Crippen LogP) is 3.31. The van der Waals surface area contributed by atoms with Gasteiger partial charge in [0.2, 0.25) is 0 Å². The van der Waals surface area contributed by atoms with Crippen molar-refractivity contribution in [1.29, 1.82) is 0 Å². The zero-order chi connectivity index (χ0) is 16.3. The second-order valence-corrected chi connectivity index (χ2v) is 4.63. The lowest BCUT2D eigenvalue weighted by molar-refractivity contribution is 0.0595. The zero-order valence-electron chi connectivity index (χ0n) is 11.9. The highest BCUT2D eigenvalue weighted by atomic mass is 19.1. The van der Waals surface area contributed by atoms with Crippen LogP contribution < -0.4 is 5.32 Å². The standard InChI is InChI=1S/C16H13F2NO3/c1-9-4-3-5-10(6-9)15(20)19-14-7-11(16(21)22-2)12(17)8-13(14)18/h3-8H,1-2H3,(H,19,20). The van der Waals surface area contributed by atoms with Crippen molar-refractivity contribution in [3.8, 4) is 0 Å². The highest BCUT2D eigenvalue weighted by Gasteiger charge is 2.18. The number of methoxy groups -OCH3 is 1. The maximum atomic E-state index is 13.7. The minimum Gasteiger partial charge on any atom is -0.465 e. The van der Waals surface area contributed by atoms with E-state index in [4.69, 9.17) is 0 Å². The lowest BCUT2D eigenvalue weighted by Crippen LogP contribution is -2.15. The summed E-state index contributed by atoms with van der Waals surface area (Å²) in [4.78, 5) is 23.5. The summed E-state index contributed by atoms with van der Waals surface area (Å²) in [6.07, 6.45) is 0. The fourth-order valence-electron chi connectivity index (χ4n) is 1.89. The Labute approximate surface area is 125 Å². The van der Waals surface area contributed by atoms with Crippen molar-refractivity contribution in [2.75, 3.05) is 12.4 Å². The van der Waals surface area contributed by atoms with Crippen LogP contribution in [0.25, 0.3) is 0 Å². The maximum Gasteiger partial charge on any atom is 0.340 e. The largest absolute Gasteiger partial charge is 0.465 e.